The molecule has 0 aliphatic carbocycles. The predicted octanol–water partition coefficient (Wildman–Crippen LogP) is 5.48. The van der Waals surface area contributed by atoms with Gasteiger partial charge in [0.15, 0.2) is 0 Å². The van der Waals surface area contributed by atoms with Gasteiger partial charge in [-0.2, -0.15) is 13.9 Å². The Hall–Kier alpha value is -2.48. The van der Waals surface area contributed by atoms with E-state index in [0.29, 0.717) is 17.0 Å². The Balaban J connectivity index is 1.91. The number of nitrogens with one attached hydrogen (secondary N) is 2. The second-order valence-corrected chi connectivity index (χ2v) is 8.16. The number of nitrogens with zero attached hydrogens (tertiary/aromatic N) is 2. The Morgan fingerprint density at radius 2 is 1.72 bits per heavy atom. The maximum absolute atomic E-state index is 12.7. The Bertz CT molecular complexity index is 786. The summed E-state index contributed by atoms with van der Waals surface area (Å²) < 4.78 is 28.9. The van der Waals surface area contributed by atoms with Crippen LogP contribution in [0.4, 0.5) is 8.78 Å². The SMILES string of the molecule is CCCCCN(CCCCC)CC(C)NC(=O)c1cc(-c2ccc(OC(F)F)cc2)n[nH]1. The number of hydrogen-bond acceptors (Lipinski definition) is 4. The lowest BCUT2D eigenvalue weighted by Crippen LogP contribution is -2.42. The van der Waals surface area contributed by atoms with Gasteiger partial charge in [0.2, 0.25) is 0 Å². The summed E-state index contributed by atoms with van der Waals surface area (Å²) in [6.07, 6.45) is 7.18. The highest BCUT2D eigenvalue weighted by molar-refractivity contribution is 5.93. The molecule has 0 aliphatic rings. The zero-order valence-corrected chi connectivity index (χ0v) is 19.4. The minimum absolute atomic E-state index is 0.00304. The predicted molar refractivity (Wildman–Crippen MR) is 123 cm³/mol. The summed E-state index contributed by atoms with van der Waals surface area (Å²) in [7, 11) is 0. The molecule has 2 aromatic rings. The van der Waals surface area contributed by atoms with Crippen LogP contribution in [0.5, 0.6) is 5.75 Å². The summed E-state index contributed by atoms with van der Waals surface area (Å²) >= 11 is 0. The van der Waals surface area contributed by atoms with Gasteiger partial charge in [-0.3, -0.25) is 9.89 Å². The maximum atomic E-state index is 12.7. The van der Waals surface area contributed by atoms with Crippen molar-refractivity contribution in [3.63, 3.8) is 0 Å². The number of hydrogen-bond donors (Lipinski definition) is 2. The number of carbonyl (C=O) groups is 1. The molecule has 1 aromatic heterocycles. The summed E-state index contributed by atoms with van der Waals surface area (Å²) in [6.45, 7) is 6.48. The summed E-state index contributed by atoms with van der Waals surface area (Å²) in [6, 6.07) is 7.81. The highest BCUT2D eigenvalue weighted by Crippen LogP contribution is 2.22. The largest absolute Gasteiger partial charge is 0.435 e. The zero-order chi connectivity index (χ0) is 23.3. The number of rotatable bonds is 15. The first-order chi connectivity index (χ1) is 15.4. The van der Waals surface area contributed by atoms with Crippen molar-refractivity contribution in [2.24, 2.45) is 0 Å². The van der Waals surface area contributed by atoms with Crippen molar-refractivity contribution in [2.75, 3.05) is 19.6 Å². The number of H-pyrrole nitrogens is 1. The first-order valence-electron chi connectivity index (χ1n) is 11.6. The average molecular weight is 451 g/mol. The Kier molecular flexibility index (Phi) is 11.1. The van der Waals surface area contributed by atoms with Crippen molar-refractivity contribution in [1.82, 2.24) is 20.4 Å². The van der Waals surface area contributed by atoms with Crippen LogP contribution >= 0.6 is 0 Å². The van der Waals surface area contributed by atoms with Gasteiger partial charge < -0.3 is 15.0 Å². The van der Waals surface area contributed by atoms with Gasteiger partial charge in [0.05, 0.1) is 5.69 Å². The topological polar surface area (TPSA) is 70.2 Å². The number of aromatic amines is 1. The Morgan fingerprint density at radius 3 is 2.28 bits per heavy atom. The quantitative estimate of drug-likeness (QED) is 0.353. The molecule has 1 aromatic carbocycles. The van der Waals surface area contributed by atoms with Crippen LogP contribution in [-0.2, 0) is 0 Å². The summed E-state index contributed by atoms with van der Waals surface area (Å²) in [5, 5.41) is 10.00. The molecule has 1 amide bonds. The Morgan fingerprint density at radius 1 is 1.09 bits per heavy atom. The van der Waals surface area contributed by atoms with Gasteiger partial charge in [-0.15, -0.1) is 0 Å². The third kappa shape index (κ3) is 8.94. The lowest BCUT2D eigenvalue weighted by molar-refractivity contribution is -0.0498. The molecule has 2 N–H and O–H groups in total. The van der Waals surface area contributed by atoms with E-state index in [2.05, 4.69) is 39.0 Å². The van der Waals surface area contributed by atoms with Crippen LogP contribution in [0.15, 0.2) is 30.3 Å². The second kappa shape index (κ2) is 13.8. The molecule has 0 radical (unpaired) electrons. The summed E-state index contributed by atoms with van der Waals surface area (Å²) in [5.41, 5.74) is 1.63. The number of unbranched alkanes of at least 4 members (excludes halogenated alkanes) is 4. The van der Waals surface area contributed by atoms with Gasteiger partial charge in [0.25, 0.3) is 5.91 Å². The molecule has 1 unspecified atom stereocenters. The van der Waals surface area contributed by atoms with Crippen LogP contribution in [0.2, 0.25) is 0 Å². The van der Waals surface area contributed by atoms with Crippen LogP contribution in [-0.4, -0.2) is 53.3 Å². The Labute approximate surface area is 189 Å². The van der Waals surface area contributed by atoms with E-state index in [1.165, 1.54) is 50.7 Å². The van der Waals surface area contributed by atoms with Gasteiger partial charge in [-0.25, -0.2) is 0 Å². The number of carbonyl (C=O) groups excluding carboxylic acids is 1. The van der Waals surface area contributed by atoms with Crippen molar-refractivity contribution in [3.8, 4) is 17.0 Å². The van der Waals surface area contributed by atoms with Crippen molar-refractivity contribution in [1.29, 1.82) is 0 Å². The number of alkyl halides is 2. The first-order valence-corrected chi connectivity index (χ1v) is 11.6. The van der Waals surface area contributed by atoms with E-state index < -0.39 is 6.61 Å². The number of benzene rings is 1. The minimum atomic E-state index is -2.86. The molecule has 178 valence electrons. The van der Waals surface area contributed by atoms with E-state index in [0.717, 1.165) is 19.6 Å². The number of ether oxygens (including phenoxy) is 1. The van der Waals surface area contributed by atoms with Crippen molar-refractivity contribution >= 4 is 5.91 Å². The van der Waals surface area contributed by atoms with E-state index in [1.54, 1.807) is 18.2 Å². The molecule has 6 nitrogen and oxygen atoms in total. The van der Waals surface area contributed by atoms with Gasteiger partial charge in [0.1, 0.15) is 11.4 Å². The number of amides is 1. The number of halogens is 2. The molecule has 0 bridgehead atoms. The molecular weight excluding hydrogens is 414 g/mol. The first kappa shape index (κ1) is 25.8. The molecule has 1 heterocycles. The standard InChI is InChI=1S/C24H36F2N4O2/c1-4-6-8-14-30(15-9-7-5-2)17-18(3)27-23(31)22-16-21(28-29-22)19-10-12-20(13-11-19)32-24(25)26/h10-13,16,18,24H,4-9,14-15,17H2,1-3H3,(H,27,31)(H,28,29). The fourth-order valence-electron chi connectivity index (χ4n) is 3.59. The molecular formula is C24H36F2N4O2. The van der Waals surface area contributed by atoms with Crippen molar-refractivity contribution < 1.29 is 18.3 Å². The van der Waals surface area contributed by atoms with Gasteiger partial charge in [0, 0.05) is 18.2 Å². The van der Waals surface area contributed by atoms with Crippen LogP contribution in [0.3, 0.4) is 0 Å². The lowest BCUT2D eigenvalue weighted by Gasteiger charge is -2.26. The second-order valence-electron chi connectivity index (χ2n) is 8.16. The fraction of sp³-hybridized carbons (Fsp3) is 0.583. The van der Waals surface area contributed by atoms with Crippen LogP contribution in [0.25, 0.3) is 11.3 Å². The van der Waals surface area contributed by atoms with Crippen molar-refractivity contribution in [3.05, 3.63) is 36.0 Å². The fourth-order valence-corrected chi connectivity index (χ4v) is 3.59. The number of aromatic nitrogens is 2. The van der Waals surface area contributed by atoms with E-state index >= 15 is 0 Å². The average Bonchev–Trinajstić information content (AvgIpc) is 3.24. The van der Waals surface area contributed by atoms with Gasteiger partial charge in [-0.1, -0.05) is 39.5 Å². The smallest absolute Gasteiger partial charge is 0.387 e. The van der Waals surface area contributed by atoms with E-state index in [-0.39, 0.29) is 17.7 Å². The third-order valence-electron chi connectivity index (χ3n) is 5.26. The maximum Gasteiger partial charge on any atom is 0.387 e. The molecule has 2 rings (SSSR count). The van der Waals surface area contributed by atoms with Crippen LogP contribution in [0.1, 0.15) is 69.8 Å². The minimum Gasteiger partial charge on any atom is -0.435 e. The van der Waals surface area contributed by atoms with Crippen LogP contribution < -0.4 is 10.1 Å². The molecule has 0 fully saturated rings. The third-order valence-corrected chi connectivity index (χ3v) is 5.26. The highest BCUT2D eigenvalue weighted by Gasteiger charge is 2.16. The molecule has 8 heteroatoms. The van der Waals surface area contributed by atoms with Crippen molar-refractivity contribution in [2.45, 2.75) is 71.9 Å². The van der Waals surface area contributed by atoms with Crippen LogP contribution in [0, 0.1) is 0 Å². The molecule has 32 heavy (non-hydrogen) atoms. The normalized spacial score (nSPS) is 12.3. The molecule has 1 atom stereocenters. The molecule has 0 spiro atoms. The molecule has 0 saturated heterocycles. The van der Waals surface area contributed by atoms with E-state index in [9.17, 15) is 13.6 Å². The van der Waals surface area contributed by atoms with E-state index in [1.807, 2.05) is 6.92 Å². The summed E-state index contributed by atoms with van der Waals surface area (Å²) in [5.74, 6) is -0.135. The van der Waals surface area contributed by atoms with E-state index in [4.69, 9.17) is 0 Å². The zero-order valence-electron chi connectivity index (χ0n) is 19.4. The molecule has 0 saturated carbocycles. The lowest BCUT2D eigenvalue weighted by atomic mass is 10.1. The monoisotopic (exact) mass is 450 g/mol. The summed E-state index contributed by atoms with van der Waals surface area (Å²) in [4.78, 5) is 15.1. The highest BCUT2D eigenvalue weighted by atomic mass is 19.3. The van der Waals surface area contributed by atoms with Gasteiger partial charge >= 0.3 is 6.61 Å². The van der Waals surface area contributed by atoms with Gasteiger partial charge in [-0.05, 0) is 63.2 Å². The molecule has 0 aliphatic heterocycles.